The Morgan fingerprint density at radius 1 is 0.793 bits per heavy atom. The van der Waals surface area contributed by atoms with Crippen LogP contribution >= 0.6 is 0 Å². The molecule has 0 saturated heterocycles. The minimum Gasteiger partial charge on any atom is -0.304 e. The van der Waals surface area contributed by atoms with E-state index in [2.05, 4.69) is 11.1 Å². The normalized spacial score (nSPS) is 18.1. The second kappa shape index (κ2) is 7.03. The van der Waals surface area contributed by atoms with Crippen molar-refractivity contribution in [3.8, 4) is 11.3 Å². The van der Waals surface area contributed by atoms with E-state index in [-0.39, 0.29) is 20.1 Å². The molecule has 2 aromatic carbocycles. The first kappa shape index (κ1) is 20.2. The molecule has 0 saturated carbocycles. The minimum atomic E-state index is -3.51. The molecule has 0 N–H and O–H groups in total. The topological polar surface area (TPSA) is 12.9 Å². The van der Waals surface area contributed by atoms with Gasteiger partial charge in [0, 0.05) is 37.4 Å². The SMILES string of the molecule is FC1(F)c2c[c-]c(-c3cc4c(cn3)CCCC4)cc2C(F)(F)c2ccccc21.[Ir]. The van der Waals surface area contributed by atoms with Gasteiger partial charge in [-0.25, -0.2) is 8.78 Å². The van der Waals surface area contributed by atoms with E-state index in [0.717, 1.165) is 55.5 Å². The van der Waals surface area contributed by atoms with Crippen LogP contribution in [0.15, 0.2) is 48.7 Å². The van der Waals surface area contributed by atoms with Crippen LogP contribution in [0, 0.1) is 6.07 Å². The van der Waals surface area contributed by atoms with E-state index in [0.29, 0.717) is 11.3 Å². The van der Waals surface area contributed by atoms with Crippen LogP contribution in [-0.4, -0.2) is 4.98 Å². The number of nitrogens with zero attached hydrogens (tertiary/aromatic N) is 1. The summed E-state index contributed by atoms with van der Waals surface area (Å²) >= 11 is 0. The molecule has 2 aliphatic rings. The van der Waals surface area contributed by atoms with Crippen LogP contribution in [0.2, 0.25) is 0 Å². The van der Waals surface area contributed by atoms with Crippen molar-refractivity contribution in [2.45, 2.75) is 37.5 Å². The minimum absolute atomic E-state index is 0. The maximum absolute atomic E-state index is 15.1. The molecule has 0 bridgehead atoms. The average Bonchev–Trinajstić information content (AvgIpc) is 2.72. The van der Waals surface area contributed by atoms with Crippen molar-refractivity contribution >= 4 is 0 Å². The summed E-state index contributed by atoms with van der Waals surface area (Å²) < 4.78 is 60.1. The summed E-state index contributed by atoms with van der Waals surface area (Å²) in [6, 6.07) is 11.6. The fourth-order valence-electron chi connectivity index (χ4n) is 4.24. The number of hydrogen-bond acceptors (Lipinski definition) is 1. The number of alkyl halides is 4. The van der Waals surface area contributed by atoms with Gasteiger partial charge in [0.05, 0.1) is 0 Å². The van der Waals surface area contributed by atoms with E-state index < -0.39 is 34.1 Å². The van der Waals surface area contributed by atoms with Gasteiger partial charge in [-0.15, -0.1) is 23.8 Å². The molecule has 0 atom stereocenters. The second-order valence-corrected chi connectivity index (χ2v) is 7.41. The first-order valence-corrected chi connectivity index (χ1v) is 9.29. The molecule has 1 radical (unpaired) electrons. The van der Waals surface area contributed by atoms with Crippen molar-refractivity contribution in [1.29, 1.82) is 0 Å². The molecule has 1 heterocycles. The van der Waals surface area contributed by atoms with Gasteiger partial charge in [-0.3, -0.25) is 0 Å². The molecular formula is C23H16F4IrN-. The molecule has 0 amide bonds. The van der Waals surface area contributed by atoms with E-state index in [1.165, 1.54) is 17.7 Å². The van der Waals surface area contributed by atoms with Crippen LogP contribution in [0.5, 0.6) is 0 Å². The molecule has 0 spiro atoms. The smallest absolute Gasteiger partial charge is 0.283 e. The predicted molar refractivity (Wildman–Crippen MR) is 97.6 cm³/mol. The zero-order valence-corrected chi connectivity index (χ0v) is 17.6. The van der Waals surface area contributed by atoms with Crippen LogP contribution < -0.4 is 0 Å². The van der Waals surface area contributed by atoms with E-state index in [1.807, 2.05) is 6.07 Å². The van der Waals surface area contributed by atoms with E-state index >= 15 is 8.78 Å². The van der Waals surface area contributed by atoms with Gasteiger partial charge in [0.2, 0.25) is 0 Å². The van der Waals surface area contributed by atoms with Gasteiger partial charge in [0.25, 0.3) is 11.8 Å². The van der Waals surface area contributed by atoms with Gasteiger partial charge < -0.3 is 4.98 Å². The van der Waals surface area contributed by atoms with Gasteiger partial charge in [-0.2, -0.15) is 8.78 Å². The van der Waals surface area contributed by atoms with Crippen LogP contribution in [0.4, 0.5) is 17.6 Å². The summed E-state index contributed by atoms with van der Waals surface area (Å²) in [7, 11) is 0. The second-order valence-electron chi connectivity index (χ2n) is 7.41. The van der Waals surface area contributed by atoms with Crippen LogP contribution in [0.25, 0.3) is 11.3 Å². The maximum Gasteiger partial charge on any atom is 0.283 e. The third kappa shape index (κ3) is 3.04. The summed E-state index contributed by atoms with van der Waals surface area (Å²) in [5, 5.41) is 0. The summed E-state index contributed by atoms with van der Waals surface area (Å²) in [5.41, 5.74) is 0.429. The molecule has 1 aromatic heterocycles. The number of hydrogen-bond donors (Lipinski definition) is 0. The van der Waals surface area contributed by atoms with Gasteiger partial charge >= 0.3 is 0 Å². The molecule has 29 heavy (non-hydrogen) atoms. The predicted octanol–water partition coefficient (Wildman–Crippen LogP) is 6.02. The Morgan fingerprint density at radius 3 is 2.10 bits per heavy atom. The number of halogens is 4. The van der Waals surface area contributed by atoms with Crippen molar-refractivity contribution in [2.24, 2.45) is 0 Å². The number of fused-ring (bicyclic) bond motifs is 3. The molecule has 6 heteroatoms. The van der Waals surface area contributed by atoms with Gasteiger partial charge in [0.1, 0.15) is 0 Å². The van der Waals surface area contributed by atoms with E-state index in [9.17, 15) is 8.78 Å². The number of benzene rings is 2. The van der Waals surface area contributed by atoms with Crippen molar-refractivity contribution in [1.82, 2.24) is 4.98 Å². The zero-order valence-electron chi connectivity index (χ0n) is 15.2. The van der Waals surface area contributed by atoms with E-state index in [4.69, 9.17) is 0 Å². The number of aryl methyl sites for hydroxylation is 2. The Hall–Kier alpha value is -2.04. The van der Waals surface area contributed by atoms with Crippen molar-refractivity contribution in [3.63, 3.8) is 0 Å². The Balaban J connectivity index is 0.00000205. The summed E-state index contributed by atoms with van der Waals surface area (Å²) in [6.45, 7) is 0. The molecule has 5 rings (SSSR count). The Kier molecular flexibility index (Phi) is 4.91. The molecular weight excluding hydrogens is 558 g/mol. The monoisotopic (exact) mass is 575 g/mol. The van der Waals surface area contributed by atoms with Crippen molar-refractivity contribution in [2.75, 3.05) is 0 Å². The largest absolute Gasteiger partial charge is 0.304 e. The third-order valence-electron chi connectivity index (χ3n) is 5.73. The maximum atomic E-state index is 15.1. The van der Waals surface area contributed by atoms with Gasteiger partial charge in [0.15, 0.2) is 0 Å². The van der Waals surface area contributed by atoms with Crippen molar-refractivity contribution in [3.05, 3.63) is 88.1 Å². The Bertz CT molecular complexity index is 1090. The third-order valence-corrected chi connectivity index (χ3v) is 5.73. The molecule has 2 aliphatic carbocycles. The van der Waals surface area contributed by atoms with E-state index in [1.54, 1.807) is 6.20 Å². The first-order chi connectivity index (χ1) is 13.4. The summed E-state index contributed by atoms with van der Waals surface area (Å²) in [4.78, 5) is 4.38. The average molecular weight is 575 g/mol. The molecule has 151 valence electrons. The molecule has 3 aromatic rings. The number of rotatable bonds is 1. The summed E-state index contributed by atoms with van der Waals surface area (Å²) in [5.74, 6) is -7.00. The molecule has 0 fully saturated rings. The molecule has 0 unspecified atom stereocenters. The van der Waals surface area contributed by atoms with Gasteiger partial charge in [-0.05, 0) is 48.1 Å². The molecule has 1 nitrogen and oxygen atoms in total. The Labute approximate surface area is 179 Å². The first-order valence-electron chi connectivity index (χ1n) is 9.29. The fourth-order valence-corrected chi connectivity index (χ4v) is 4.24. The quantitative estimate of drug-likeness (QED) is 0.256. The zero-order chi connectivity index (χ0) is 19.5. The van der Waals surface area contributed by atoms with Crippen LogP contribution in [0.1, 0.15) is 46.2 Å². The van der Waals surface area contributed by atoms with Gasteiger partial charge in [-0.1, -0.05) is 35.9 Å². The van der Waals surface area contributed by atoms with Crippen LogP contribution in [0.3, 0.4) is 0 Å². The molecule has 0 aliphatic heterocycles. The number of aromatic nitrogens is 1. The number of pyridine rings is 1. The fraction of sp³-hybridized carbons (Fsp3) is 0.261. The standard InChI is InChI=1S/C23H16F4N.Ir/c24-22(25)17-7-3-4-8-18(17)23(26,27)20-11-15(9-10-19(20)22)21-12-14-5-1-2-6-16(14)13-28-21;/h3-4,7-8,10-13H,1-2,5-6H2;/q-1;. The summed E-state index contributed by atoms with van der Waals surface area (Å²) in [6.07, 6.45) is 5.82. The Morgan fingerprint density at radius 2 is 1.41 bits per heavy atom. The van der Waals surface area contributed by atoms with Crippen molar-refractivity contribution < 1.29 is 37.7 Å². The van der Waals surface area contributed by atoms with Crippen LogP contribution in [-0.2, 0) is 44.8 Å².